The lowest BCUT2D eigenvalue weighted by molar-refractivity contribution is 1.15. The topological polar surface area (TPSA) is 41.9 Å². The maximum Gasteiger partial charge on any atom is 0.162 e. The summed E-state index contributed by atoms with van der Waals surface area (Å²) in [6.07, 6.45) is 1.82. The predicted octanol–water partition coefficient (Wildman–Crippen LogP) is 7.83. The molecule has 0 saturated carbocycles. The second-order valence-electron chi connectivity index (χ2n) is 8.19. The van der Waals surface area contributed by atoms with Crippen molar-refractivity contribution in [2.75, 3.05) is 4.90 Å². The number of benzene rings is 4. The van der Waals surface area contributed by atoms with Gasteiger partial charge < -0.3 is 0 Å². The van der Waals surface area contributed by atoms with E-state index >= 15 is 0 Å². The zero-order valence-corrected chi connectivity index (χ0v) is 19.0. The first-order valence-corrected chi connectivity index (χ1v) is 11.6. The highest BCUT2D eigenvalue weighted by Crippen LogP contribution is 2.38. The number of nitrogens with zero attached hydrogens (tertiary/aromatic N) is 4. The van der Waals surface area contributed by atoms with E-state index in [1.165, 1.54) is 0 Å². The van der Waals surface area contributed by atoms with Gasteiger partial charge in [-0.25, -0.2) is 9.97 Å². The molecule has 166 valence electrons. The molecule has 4 nitrogen and oxygen atoms in total. The van der Waals surface area contributed by atoms with E-state index < -0.39 is 0 Å². The highest BCUT2D eigenvalue weighted by atomic mass is 15.2. The first-order valence-electron chi connectivity index (χ1n) is 11.6. The summed E-state index contributed by atoms with van der Waals surface area (Å²) < 4.78 is 0. The van der Waals surface area contributed by atoms with Gasteiger partial charge in [0.25, 0.3) is 0 Å². The second kappa shape index (κ2) is 9.20. The van der Waals surface area contributed by atoms with Crippen LogP contribution in [0.15, 0.2) is 134 Å². The van der Waals surface area contributed by atoms with Gasteiger partial charge in [-0.05, 0) is 48.5 Å². The van der Waals surface area contributed by atoms with Gasteiger partial charge in [0.05, 0.1) is 11.2 Å². The summed E-state index contributed by atoms with van der Waals surface area (Å²) in [4.78, 5) is 16.9. The Morgan fingerprint density at radius 3 is 1.80 bits per heavy atom. The number of para-hydroxylation sites is 3. The van der Waals surface area contributed by atoms with Crippen LogP contribution < -0.4 is 4.90 Å². The molecule has 0 unspecified atom stereocenters. The number of fused-ring (bicyclic) bond motifs is 1. The smallest absolute Gasteiger partial charge is 0.162 e. The van der Waals surface area contributed by atoms with Crippen LogP contribution in [0.1, 0.15) is 0 Å². The van der Waals surface area contributed by atoms with E-state index in [2.05, 4.69) is 58.4 Å². The summed E-state index contributed by atoms with van der Waals surface area (Å²) in [5.41, 5.74) is 5.84. The van der Waals surface area contributed by atoms with Crippen LogP contribution in [0.5, 0.6) is 0 Å². The molecule has 0 N–H and O–H groups in total. The van der Waals surface area contributed by atoms with Gasteiger partial charge in [0.1, 0.15) is 5.82 Å². The SMILES string of the molecule is c1ccc(-c2cc(-c3nc(N(c4ccccc4)c4ccccc4)c4ccccc4n3)ccn2)cc1. The number of pyridine rings is 1. The molecule has 0 aliphatic carbocycles. The van der Waals surface area contributed by atoms with E-state index in [9.17, 15) is 0 Å². The fourth-order valence-corrected chi connectivity index (χ4v) is 4.24. The molecule has 6 rings (SSSR count). The summed E-state index contributed by atoms with van der Waals surface area (Å²) >= 11 is 0. The monoisotopic (exact) mass is 450 g/mol. The van der Waals surface area contributed by atoms with Crippen LogP contribution >= 0.6 is 0 Å². The van der Waals surface area contributed by atoms with Crippen molar-refractivity contribution < 1.29 is 0 Å². The molecule has 6 aromatic rings. The van der Waals surface area contributed by atoms with Gasteiger partial charge in [-0.2, -0.15) is 0 Å². The summed E-state index contributed by atoms with van der Waals surface area (Å²) in [5, 5.41) is 0.987. The van der Waals surface area contributed by atoms with Crippen molar-refractivity contribution in [3.8, 4) is 22.6 Å². The minimum absolute atomic E-state index is 0.662. The molecule has 4 heteroatoms. The Morgan fingerprint density at radius 2 is 1.11 bits per heavy atom. The molecular weight excluding hydrogens is 428 g/mol. The third-order valence-corrected chi connectivity index (χ3v) is 5.91. The zero-order valence-electron chi connectivity index (χ0n) is 19.0. The van der Waals surface area contributed by atoms with E-state index in [1.807, 2.05) is 85.1 Å². The Kier molecular flexibility index (Phi) is 5.45. The molecule has 0 bridgehead atoms. The molecule has 35 heavy (non-hydrogen) atoms. The molecule has 0 aliphatic rings. The van der Waals surface area contributed by atoms with E-state index in [0.717, 1.165) is 44.9 Å². The van der Waals surface area contributed by atoms with Gasteiger partial charge in [-0.1, -0.05) is 78.9 Å². The fourth-order valence-electron chi connectivity index (χ4n) is 4.24. The lowest BCUT2D eigenvalue weighted by Crippen LogP contribution is -2.13. The quantitative estimate of drug-likeness (QED) is 0.268. The van der Waals surface area contributed by atoms with Crippen molar-refractivity contribution in [1.82, 2.24) is 15.0 Å². The van der Waals surface area contributed by atoms with E-state index in [4.69, 9.17) is 9.97 Å². The van der Waals surface area contributed by atoms with Gasteiger partial charge in [-0.15, -0.1) is 0 Å². The molecule has 2 aromatic heterocycles. The van der Waals surface area contributed by atoms with Crippen molar-refractivity contribution in [2.45, 2.75) is 0 Å². The average Bonchev–Trinajstić information content (AvgIpc) is 2.95. The zero-order chi connectivity index (χ0) is 23.5. The van der Waals surface area contributed by atoms with Crippen molar-refractivity contribution in [2.24, 2.45) is 0 Å². The highest BCUT2D eigenvalue weighted by Gasteiger charge is 2.19. The Hall–Kier alpha value is -4.83. The molecular formula is C31H22N4. The normalized spacial score (nSPS) is 10.9. The molecule has 0 atom stereocenters. The van der Waals surface area contributed by atoms with Crippen molar-refractivity contribution >= 4 is 28.1 Å². The molecule has 0 aliphatic heterocycles. The number of hydrogen-bond acceptors (Lipinski definition) is 4. The third kappa shape index (κ3) is 4.13. The first-order chi connectivity index (χ1) is 17.4. The van der Waals surface area contributed by atoms with E-state index in [-0.39, 0.29) is 0 Å². The summed E-state index contributed by atoms with van der Waals surface area (Å²) in [5.74, 6) is 1.50. The Morgan fingerprint density at radius 1 is 0.514 bits per heavy atom. The fraction of sp³-hybridized carbons (Fsp3) is 0. The summed E-state index contributed by atoms with van der Waals surface area (Å²) in [7, 11) is 0. The minimum Gasteiger partial charge on any atom is -0.294 e. The van der Waals surface area contributed by atoms with Crippen LogP contribution in [-0.4, -0.2) is 15.0 Å². The Bertz CT molecular complexity index is 1540. The van der Waals surface area contributed by atoms with Crippen molar-refractivity contribution in [3.63, 3.8) is 0 Å². The molecule has 0 spiro atoms. The van der Waals surface area contributed by atoms with E-state index in [1.54, 1.807) is 0 Å². The van der Waals surface area contributed by atoms with Crippen molar-refractivity contribution in [3.05, 3.63) is 134 Å². The van der Waals surface area contributed by atoms with Gasteiger partial charge in [0, 0.05) is 34.1 Å². The second-order valence-corrected chi connectivity index (χ2v) is 8.19. The van der Waals surface area contributed by atoms with Crippen molar-refractivity contribution in [1.29, 1.82) is 0 Å². The predicted molar refractivity (Wildman–Crippen MR) is 143 cm³/mol. The summed E-state index contributed by atoms with van der Waals surface area (Å²) in [6.45, 7) is 0. The molecule has 0 radical (unpaired) electrons. The molecule has 4 aromatic carbocycles. The highest BCUT2D eigenvalue weighted by molar-refractivity contribution is 5.96. The number of rotatable bonds is 5. The molecule has 0 fully saturated rings. The van der Waals surface area contributed by atoms with Crippen LogP contribution in [-0.2, 0) is 0 Å². The number of aromatic nitrogens is 3. The maximum atomic E-state index is 5.15. The lowest BCUT2D eigenvalue weighted by Gasteiger charge is -2.25. The Labute approximate surface area is 204 Å². The van der Waals surface area contributed by atoms with Crippen LogP contribution in [0, 0.1) is 0 Å². The maximum absolute atomic E-state index is 5.15. The average molecular weight is 451 g/mol. The van der Waals surface area contributed by atoms with Crippen LogP contribution in [0.25, 0.3) is 33.5 Å². The van der Waals surface area contributed by atoms with Gasteiger partial charge in [-0.3, -0.25) is 9.88 Å². The van der Waals surface area contributed by atoms with Gasteiger partial charge in [0.15, 0.2) is 5.82 Å². The Balaban J connectivity index is 1.57. The number of hydrogen-bond donors (Lipinski definition) is 0. The van der Waals surface area contributed by atoms with E-state index in [0.29, 0.717) is 5.82 Å². The van der Waals surface area contributed by atoms with Crippen LogP contribution in [0.4, 0.5) is 17.2 Å². The molecule has 0 saturated heterocycles. The molecule has 2 heterocycles. The third-order valence-electron chi connectivity index (χ3n) is 5.91. The lowest BCUT2D eigenvalue weighted by atomic mass is 10.1. The van der Waals surface area contributed by atoms with Crippen LogP contribution in [0.3, 0.4) is 0 Å². The number of anilines is 3. The molecule has 0 amide bonds. The standard InChI is InChI=1S/C31H22N4/c1-4-12-23(13-5-1)29-22-24(20-21-32-29)30-33-28-19-11-10-18-27(28)31(34-30)35(25-14-6-2-7-15-25)26-16-8-3-9-17-26/h1-22H. The largest absolute Gasteiger partial charge is 0.294 e. The minimum atomic E-state index is 0.662. The first kappa shape index (κ1) is 20.8. The van der Waals surface area contributed by atoms with Gasteiger partial charge >= 0.3 is 0 Å². The van der Waals surface area contributed by atoms with Gasteiger partial charge in [0.2, 0.25) is 0 Å². The van der Waals surface area contributed by atoms with Crippen LogP contribution in [0.2, 0.25) is 0 Å². The summed E-state index contributed by atoms with van der Waals surface area (Å²) in [6, 6.07) is 43.0.